The number of nitrogens with one attached hydrogen (secondary N) is 1. The summed E-state index contributed by atoms with van der Waals surface area (Å²) < 4.78 is 78.8. The lowest BCUT2D eigenvalue weighted by atomic mass is 10.2. The van der Waals surface area contributed by atoms with E-state index in [0.29, 0.717) is 0 Å². The van der Waals surface area contributed by atoms with Crippen LogP contribution < -0.4 is 5.32 Å². The maximum Gasteiger partial charge on any atom is 0.407 e. The summed E-state index contributed by atoms with van der Waals surface area (Å²) in [7, 11) is 0. The lowest BCUT2D eigenvalue weighted by molar-refractivity contribution is 0.0527. The third-order valence-corrected chi connectivity index (χ3v) is 0.807. The van der Waals surface area contributed by atoms with Gasteiger partial charge in [0.1, 0.15) is 5.60 Å². The van der Waals surface area contributed by atoms with Gasteiger partial charge < -0.3 is 15.2 Å². The number of ether oxygens (including phenoxy) is 1. The predicted octanol–water partition coefficient (Wildman–Crippen LogP) is 1.67. The Morgan fingerprint density at radius 3 is 2.57 bits per heavy atom. The van der Waals surface area contributed by atoms with Crippen molar-refractivity contribution in [2.45, 2.75) is 45.5 Å². The number of hydrogen-bond acceptors (Lipinski definition) is 3. The molecule has 0 radical (unpaired) electrons. The van der Waals surface area contributed by atoms with Gasteiger partial charge in [0, 0.05) is 24.0 Å². The second-order valence-electron chi connectivity index (χ2n) is 3.24. The summed E-state index contributed by atoms with van der Waals surface area (Å²) in [6, 6.07) is 0. The highest BCUT2D eigenvalue weighted by Gasteiger charge is 2.15. The molecule has 0 aromatic carbocycles. The van der Waals surface area contributed by atoms with Crippen molar-refractivity contribution in [3.05, 3.63) is 0 Å². The molecule has 0 aliphatic carbocycles. The van der Waals surface area contributed by atoms with Crippen LogP contribution in [-0.2, 0) is 4.74 Å². The van der Waals surface area contributed by atoms with E-state index in [-0.39, 0.29) is 0 Å². The van der Waals surface area contributed by atoms with Crippen molar-refractivity contribution in [1.82, 2.24) is 5.32 Å². The molecule has 0 unspecified atom stereocenters. The number of rotatable bonds is 5. The molecule has 0 saturated carbocycles. The third kappa shape index (κ3) is 9.32. The highest BCUT2D eigenvalue weighted by Crippen LogP contribution is 2.06. The summed E-state index contributed by atoms with van der Waals surface area (Å²) >= 11 is 0. The second-order valence-corrected chi connectivity index (χ2v) is 3.24. The van der Waals surface area contributed by atoms with E-state index >= 15 is 0 Å². The van der Waals surface area contributed by atoms with Crippen LogP contribution in [-0.4, -0.2) is 29.9 Å². The number of hydrogen-bond donors (Lipinski definition) is 2. The van der Waals surface area contributed by atoms with E-state index < -0.39 is 43.9 Å². The smallest absolute Gasteiger partial charge is 0.407 e. The Morgan fingerprint density at radius 1 is 1.43 bits per heavy atom. The Balaban J connectivity index is 5.73. The number of carbonyl (C=O) groups excluding carboxylic acids is 1. The van der Waals surface area contributed by atoms with E-state index in [0.717, 1.165) is 0 Å². The molecule has 0 bridgehead atoms. The van der Waals surface area contributed by atoms with Gasteiger partial charge in [0.25, 0.3) is 0 Å². The Bertz CT molecular complexity index is 480. The Morgan fingerprint density at radius 2 is 2.07 bits per heavy atom. The molecule has 14 heavy (non-hydrogen) atoms. The summed E-state index contributed by atoms with van der Waals surface area (Å²) in [5.41, 5.74) is -1.05. The van der Waals surface area contributed by atoms with Crippen LogP contribution in [0.4, 0.5) is 4.79 Å². The largest absolute Gasteiger partial charge is 0.444 e. The SMILES string of the molecule is [2H]C([2H])(O)C([2H])([2H])C([2H])([2H])C([2H])([2H])C([2H])([2H])NC(=O)OC(C)(C)C. The monoisotopic (exact) mass is 213 g/mol. The zero-order valence-electron chi connectivity index (χ0n) is 18.3. The highest BCUT2D eigenvalue weighted by molar-refractivity contribution is 5.67. The molecule has 0 heterocycles. The van der Waals surface area contributed by atoms with E-state index in [1.165, 1.54) is 26.1 Å². The van der Waals surface area contributed by atoms with Crippen molar-refractivity contribution in [3.8, 4) is 0 Å². The van der Waals surface area contributed by atoms with Gasteiger partial charge in [-0.3, -0.25) is 0 Å². The summed E-state index contributed by atoms with van der Waals surface area (Å²) in [4.78, 5) is 11.6. The van der Waals surface area contributed by atoms with E-state index in [9.17, 15) is 4.79 Å². The third-order valence-electron chi connectivity index (χ3n) is 0.807. The molecule has 0 aromatic rings. The number of aliphatic hydroxyl groups is 1. The molecule has 0 aliphatic rings. The first-order valence-electron chi connectivity index (χ1n) is 8.84. The number of alkyl carbamates (subject to hydrolysis) is 1. The molecule has 0 aliphatic heterocycles. The molecule has 1 amide bonds. The van der Waals surface area contributed by atoms with Gasteiger partial charge in [0.2, 0.25) is 0 Å². The van der Waals surface area contributed by atoms with Gasteiger partial charge in [0.05, 0.1) is 2.74 Å². The lowest BCUT2D eigenvalue weighted by Gasteiger charge is -2.19. The molecular weight excluding hydrogens is 182 g/mol. The topological polar surface area (TPSA) is 58.6 Å². The normalized spacial score (nSPS) is 26.9. The molecule has 0 fully saturated rings. The van der Waals surface area contributed by atoms with Gasteiger partial charge in [-0.25, -0.2) is 4.79 Å². The van der Waals surface area contributed by atoms with Crippen molar-refractivity contribution >= 4 is 6.09 Å². The minimum atomic E-state index is -3.88. The number of amides is 1. The first-order chi connectivity index (χ1) is 10.1. The van der Waals surface area contributed by atoms with E-state index in [2.05, 4.69) is 0 Å². The van der Waals surface area contributed by atoms with Crippen molar-refractivity contribution < 1.29 is 28.3 Å². The van der Waals surface area contributed by atoms with Gasteiger partial charge in [-0.05, 0) is 39.9 Å². The van der Waals surface area contributed by atoms with Crippen LogP contribution in [0.2, 0.25) is 0 Å². The maximum absolute atomic E-state index is 11.6. The van der Waals surface area contributed by atoms with E-state index in [1.807, 2.05) is 0 Å². The quantitative estimate of drug-likeness (QED) is 0.730. The maximum atomic E-state index is 11.6. The Labute approximate surface area is 99.7 Å². The van der Waals surface area contributed by atoms with Crippen LogP contribution in [0.1, 0.15) is 53.6 Å². The van der Waals surface area contributed by atoms with Crippen LogP contribution in [0.3, 0.4) is 0 Å². The van der Waals surface area contributed by atoms with Crippen LogP contribution in [0.5, 0.6) is 0 Å². The fraction of sp³-hybridized carbons (Fsp3) is 0.900. The van der Waals surface area contributed by atoms with Crippen LogP contribution >= 0.6 is 0 Å². The average Bonchev–Trinajstić information content (AvgIpc) is 2.22. The molecule has 0 saturated heterocycles. The van der Waals surface area contributed by atoms with Gasteiger partial charge >= 0.3 is 6.09 Å². The van der Waals surface area contributed by atoms with Crippen molar-refractivity contribution in [2.24, 2.45) is 0 Å². The van der Waals surface area contributed by atoms with E-state index in [4.69, 9.17) is 23.6 Å². The summed E-state index contributed by atoms with van der Waals surface area (Å²) in [5, 5.41) is 10.6. The molecular formula is C10H21NO3. The minimum absolute atomic E-state index is 1.05. The molecule has 2 N–H and O–H groups in total. The molecule has 0 spiro atoms. The molecule has 0 rings (SSSR count). The van der Waals surface area contributed by atoms with Crippen molar-refractivity contribution in [3.63, 3.8) is 0 Å². The first-order valence-corrected chi connectivity index (χ1v) is 3.84. The summed E-state index contributed by atoms with van der Waals surface area (Å²) in [6.45, 7) is -2.94. The average molecular weight is 213 g/mol. The van der Waals surface area contributed by atoms with Crippen LogP contribution in [0, 0.1) is 0 Å². The standard InChI is InChI=1S/C10H21NO3/c1-10(2,3)14-9(13)11-7-5-4-6-8-12/h12H,4-8H2,1-3H3,(H,11,13)/i4D2,5D2,6D2,7D2,8D2. The highest BCUT2D eigenvalue weighted by atomic mass is 16.6. The number of carbonyl (C=O) groups is 1. The fourth-order valence-corrected chi connectivity index (χ4v) is 0.476. The van der Waals surface area contributed by atoms with Crippen molar-refractivity contribution in [2.75, 3.05) is 13.1 Å². The summed E-state index contributed by atoms with van der Waals surface area (Å²) in [5.74, 6) is 0. The Hall–Kier alpha value is -0.770. The molecule has 4 nitrogen and oxygen atoms in total. The molecule has 4 heteroatoms. The Kier molecular flexibility index (Phi) is 1.90. The van der Waals surface area contributed by atoms with Crippen LogP contribution in [0.25, 0.3) is 0 Å². The summed E-state index contributed by atoms with van der Waals surface area (Å²) in [6.07, 6.45) is -12.9. The zero-order valence-corrected chi connectivity index (χ0v) is 8.26. The van der Waals surface area contributed by atoms with Gasteiger partial charge in [0.15, 0.2) is 0 Å². The zero-order chi connectivity index (χ0) is 20.0. The molecule has 84 valence electrons. The first kappa shape index (κ1) is 4.00. The fourth-order valence-electron chi connectivity index (χ4n) is 0.476. The van der Waals surface area contributed by atoms with E-state index in [1.54, 1.807) is 0 Å². The molecule has 0 aromatic heterocycles. The van der Waals surface area contributed by atoms with Crippen LogP contribution in [0.15, 0.2) is 0 Å². The minimum Gasteiger partial charge on any atom is -0.444 e. The predicted molar refractivity (Wildman–Crippen MR) is 55.2 cm³/mol. The van der Waals surface area contributed by atoms with Crippen molar-refractivity contribution in [1.29, 1.82) is 0 Å². The lowest BCUT2D eigenvalue weighted by Crippen LogP contribution is -2.32. The molecule has 0 atom stereocenters. The van der Waals surface area contributed by atoms with Gasteiger partial charge in [-0.2, -0.15) is 0 Å². The van der Waals surface area contributed by atoms with Gasteiger partial charge in [-0.15, -0.1) is 0 Å². The van der Waals surface area contributed by atoms with Gasteiger partial charge in [-0.1, -0.05) is 0 Å². The second kappa shape index (κ2) is 6.65.